The van der Waals surface area contributed by atoms with Crippen molar-refractivity contribution in [2.75, 3.05) is 5.32 Å². The second-order valence-electron chi connectivity index (χ2n) is 11.8. The Morgan fingerprint density at radius 2 is 0.596 bits per heavy atom. The molecule has 1 nitrogen and oxygen atoms in total. The molecule has 0 aromatic heterocycles. The third-order valence-corrected chi connectivity index (χ3v) is 8.84. The van der Waals surface area contributed by atoms with Crippen molar-refractivity contribution >= 4 is 22.1 Å². The van der Waals surface area contributed by atoms with Crippen molar-refractivity contribution in [2.24, 2.45) is 0 Å². The first-order valence-corrected chi connectivity index (χ1v) is 16.1. The van der Waals surface area contributed by atoms with Gasteiger partial charge in [-0.15, -0.1) is 0 Å². The lowest BCUT2D eigenvalue weighted by atomic mass is 9.78. The number of anilines is 2. The van der Waals surface area contributed by atoms with Crippen LogP contribution in [0, 0.1) is 0 Å². The fraction of sp³-hybridized carbons (Fsp3) is 0. The average Bonchev–Trinajstić information content (AvgIpc) is 3.16. The van der Waals surface area contributed by atoms with Crippen molar-refractivity contribution in [3.05, 3.63) is 194 Å². The molecule has 47 heavy (non-hydrogen) atoms. The van der Waals surface area contributed by atoms with Gasteiger partial charge in [0, 0.05) is 11.4 Å². The van der Waals surface area contributed by atoms with Crippen LogP contribution in [0.2, 0.25) is 0 Å². The lowest BCUT2D eigenvalue weighted by molar-refractivity contribution is 1.54. The number of rotatable bonds is 7. The molecule has 222 valence electrons. The molecule has 0 spiro atoms. The van der Waals surface area contributed by atoms with Crippen molar-refractivity contribution in [3.63, 3.8) is 0 Å². The molecule has 0 unspecified atom stereocenters. The predicted molar refractivity (Wildman–Crippen MR) is 201 cm³/mol. The molecule has 0 heterocycles. The van der Waals surface area contributed by atoms with E-state index < -0.39 is 0 Å². The van der Waals surface area contributed by atoms with Crippen molar-refractivity contribution in [1.29, 1.82) is 0 Å². The van der Waals surface area contributed by atoms with E-state index >= 15 is 0 Å². The third-order valence-electron chi connectivity index (χ3n) is 8.84. The topological polar surface area (TPSA) is 12.0 Å². The zero-order valence-electron chi connectivity index (χ0n) is 26.0. The van der Waals surface area contributed by atoms with E-state index in [2.05, 4.69) is 181 Å². The molecule has 0 aliphatic rings. The Kier molecular flexibility index (Phi) is 7.63. The Morgan fingerprint density at radius 1 is 0.234 bits per heavy atom. The van der Waals surface area contributed by atoms with Crippen LogP contribution >= 0.6 is 0 Å². The van der Waals surface area contributed by atoms with Crippen LogP contribution in [0.4, 0.5) is 11.4 Å². The Hall–Kier alpha value is -6.18. The number of nitrogens with one attached hydrogen (secondary N) is 1. The molecular weight excluding hydrogens is 567 g/mol. The molecule has 0 aliphatic heterocycles. The van der Waals surface area contributed by atoms with Gasteiger partial charge in [-0.05, 0) is 96.7 Å². The highest BCUT2D eigenvalue weighted by Crippen LogP contribution is 2.51. The monoisotopic (exact) mass is 599 g/mol. The van der Waals surface area contributed by atoms with Crippen LogP contribution in [0.3, 0.4) is 0 Å². The van der Waals surface area contributed by atoms with Gasteiger partial charge in [-0.1, -0.05) is 164 Å². The molecule has 0 aliphatic carbocycles. The molecule has 1 N–H and O–H groups in total. The predicted octanol–water partition coefficient (Wildman–Crippen LogP) is 12.9. The zero-order valence-corrected chi connectivity index (χ0v) is 26.0. The van der Waals surface area contributed by atoms with Crippen LogP contribution < -0.4 is 5.32 Å². The van der Waals surface area contributed by atoms with Crippen molar-refractivity contribution < 1.29 is 0 Å². The Balaban J connectivity index is 1.43. The summed E-state index contributed by atoms with van der Waals surface area (Å²) >= 11 is 0. The highest BCUT2D eigenvalue weighted by atomic mass is 14.9. The molecule has 1 heteroatoms. The van der Waals surface area contributed by atoms with Gasteiger partial charge >= 0.3 is 0 Å². The molecule has 0 amide bonds. The third kappa shape index (κ3) is 5.60. The zero-order chi connectivity index (χ0) is 31.4. The van der Waals surface area contributed by atoms with Crippen LogP contribution in [0.15, 0.2) is 194 Å². The molecule has 0 saturated heterocycles. The van der Waals surface area contributed by atoms with Gasteiger partial charge in [-0.25, -0.2) is 0 Å². The largest absolute Gasteiger partial charge is 0.356 e. The minimum absolute atomic E-state index is 1.07. The summed E-state index contributed by atoms with van der Waals surface area (Å²) in [5.41, 5.74) is 14.3. The van der Waals surface area contributed by atoms with Crippen LogP contribution in [0.5, 0.6) is 0 Å². The van der Waals surface area contributed by atoms with Gasteiger partial charge in [0.05, 0.1) is 0 Å². The van der Waals surface area contributed by atoms with E-state index in [0.29, 0.717) is 0 Å². The summed E-state index contributed by atoms with van der Waals surface area (Å²) < 4.78 is 0. The lowest BCUT2D eigenvalue weighted by Gasteiger charge is -2.24. The molecule has 0 atom stereocenters. The van der Waals surface area contributed by atoms with E-state index in [4.69, 9.17) is 0 Å². The van der Waals surface area contributed by atoms with Gasteiger partial charge in [-0.2, -0.15) is 0 Å². The number of para-hydroxylation sites is 1. The Labute approximate surface area is 276 Å². The van der Waals surface area contributed by atoms with Crippen LogP contribution in [-0.2, 0) is 0 Å². The Bertz CT molecular complexity index is 2260. The second-order valence-corrected chi connectivity index (χ2v) is 11.8. The average molecular weight is 600 g/mol. The number of fused-ring (bicyclic) bond motifs is 1. The summed E-state index contributed by atoms with van der Waals surface area (Å²) in [6.07, 6.45) is 0. The van der Waals surface area contributed by atoms with Gasteiger partial charge in [0.2, 0.25) is 0 Å². The fourth-order valence-electron chi connectivity index (χ4n) is 6.70. The highest BCUT2D eigenvalue weighted by Gasteiger charge is 2.24. The van der Waals surface area contributed by atoms with Gasteiger partial charge < -0.3 is 5.32 Å². The first-order chi connectivity index (χ1) is 23.3. The number of hydrogen-bond donors (Lipinski definition) is 1. The van der Waals surface area contributed by atoms with Gasteiger partial charge in [0.25, 0.3) is 0 Å². The summed E-state index contributed by atoms with van der Waals surface area (Å²) in [7, 11) is 0. The van der Waals surface area contributed by atoms with Crippen molar-refractivity contribution in [1.82, 2.24) is 0 Å². The summed E-state index contributed by atoms with van der Waals surface area (Å²) in [6, 6.07) is 69.5. The molecule has 0 radical (unpaired) electrons. The maximum Gasteiger partial charge on any atom is 0.0384 e. The Morgan fingerprint density at radius 3 is 1.06 bits per heavy atom. The molecule has 8 rings (SSSR count). The maximum atomic E-state index is 3.52. The van der Waals surface area contributed by atoms with E-state index in [1.807, 2.05) is 18.2 Å². The quantitative estimate of drug-likeness (QED) is 0.192. The fourth-order valence-corrected chi connectivity index (χ4v) is 6.70. The molecule has 0 fully saturated rings. The van der Waals surface area contributed by atoms with E-state index in [1.165, 1.54) is 66.4 Å². The van der Waals surface area contributed by atoms with Crippen LogP contribution in [0.1, 0.15) is 0 Å². The molecular formula is C46H33N. The standard InChI is InChI=1S/C46H33N/c1-6-16-34(17-7-1)43-41-31-28-38(33-26-29-40(30-27-33)47-39-24-14-5-15-25-39)32-42(41)44(35-18-8-2-9-19-35)46(37-22-12-4-13-23-37)45(43)36-20-10-3-11-21-36/h1-32,47H. The van der Waals surface area contributed by atoms with E-state index in [9.17, 15) is 0 Å². The summed E-state index contributed by atoms with van der Waals surface area (Å²) in [5, 5.41) is 5.99. The molecule has 0 saturated carbocycles. The van der Waals surface area contributed by atoms with E-state index in [0.717, 1.165) is 11.4 Å². The van der Waals surface area contributed by atoms with Gasteiger partial charge in [-0.3, -0.25) is 0 Å². The normalized spacial score (nSPS) is 11.0. The lowest BCUT2D eigenvalue weighted by Crippen LogP contribution is -1.98. The highest BCUT2D eigenvalue weighted by molar-refractivity contribution is 6.18. The summed E-state index contributed by atoms with van der Waals surface area (Å²) in [5.74, 6) is 0. The van der Waals surface area contributed by atoms with Crippen LogP contribution in [-0.4, -0.2) is 0 Å². The summed E-state index contributed by atoms with van der Waals surface area (Å²) in [4.78, 5) is 0. The minimum atomic E-state index is 1.07. The molecule has 0 bridgehead atoms. The first-order valence-electron chi connectivity index (χ1n) is 16.1. The van der Waals surface area contributed by atoms with Crippen molar-refractivity contribution in [2.45, 2.75) is 0 Å². The summed E-state index contributed by atoms with van der Waals surface area (Å²) in [6.45, 7) is 0. The van der Waals surface area contributed by atoms with Crippen LogP contribution in [0.25, 0.3) is 66.4 Å². The van der Waals surface area contributed by atoms with Gasteiger partial charge in [0.1, 0.15) is 0 Å². The van der Waals surface area contributed by atoms with E-state index in [-0.39, 0.29) is 0 Å². The molecule has 8 aromatic carbocycles. The molecule has 8 aromatic rings. The first kappa shape index (κ1) is 28.3. The SMILES string of the molecule is c1ccc(Nc2ccc(-c3ccc4c(-c5ccccc5)c(-c5ccccc5)c(-c5ccccc5)c(-c5ccccc5)c4c3)cc2)cc1. The van der Waals surface area contributed by atoms with Gasteiger partial charge in [0.15, 0.2) is 0 Å². The maximum absolute atomic E-state index is 3.52. The van der Waals surface area contributed by atoms with Crippen molar-refractivity contribution in [3.8, 4) is 55.6 Å². The number of hydrogen-bond acceptors (Lipinski definition) is 1. The van der Waals surface area contributed by atoms with E-state index in [1.54, 1.807) is 0 Å². The smallest absolute Gasteiger partial charge is 0.0384 e. The minimum Gasteiger partial charge on any atom is -0.356 e. The second kappa shape index (κ2) is 12.7. The number of benzene rings is 8.